The van der Waals surface area contributed by atoms with Crippen molar-refractivity contribution in [1.82, 2.24) is 34.0 Å². The van der Waals surface area contributed by atoms with Crippen molar-refractivity contribution in [3.05, 3.63) is 90.2 Å². The van der Waals surface area contributed by atoms with Crippen LogP contribution >= 0.6 is 11.7 Å². The second kappa shape index (κ2) is 6.18. The maximum atomic E-state index is 4.64. The molecule has 1 unspecified atom stereocenters. The van der Waals surface area contributed by atoms with Gasteiger partial charge in [-0.05, 0) is 24.3 Å². The Bertz CT molecular complexity index is 1230. The molecule has 0 amide bonds. The van der Waals surface area contributed by atoms with E-state index in [0.717, 1.165) is 39.7 Å². The number of nitrogens with zero attached hydrogens (tertiary/aromatic N) is 3. The molecule has 0 aliphatic carbocycles. The van der Waals surface area contributed by atoms with E-state index in [1.165, 1.54) is 17.1 Å². The number of benzene rings is 1. The van der Waals surface area contributed by atoms with Crippen molar-refractivity contribution in [3.63, 3.8) is 0 Å². The predicted molar refractivity (Wildman–Crippen MR) is 113 cm³/mol. The zero-order chi connectivity index (χ0) is 19.3. The van der Waals surface area contributed by atoms with Gasteiger partial charge in [0.15, 0.2) is 0 Å². The summed E-state index contributed by atoms with van der Waals surface area (Å²) in [5.41, 5.74) is 5.59. The molecule has 142 valence electrons. The first-order chi connectivity index (χ1) is 14.4. The summed E-state index contributed by atoms with van der Waals surface area (Å²) in [6.07, 6.45) is 7.41. The highest BCUT2D eigenvalue weighted by molar-refractivity contribution is 6.99. The molecule has 0 spiro atoms. The van der Waals surface area contributed by atoms with Crippen LogP contribution in [0.15, 0.2) is 67.3 Å². The first-order valence-corrected chi connectivity index (χ1v) is 10.1. The molecule has 8 heteroatoms. The van der Waals surface area contributed by atoms with Gasteiger partial charge in [0.2, 0.25) is 0 Å². The van der Waals surface area contributed by atoms with E-state index in [1.54, 1.807) is 6.20 Å². The molecule has 5 heterocycles. The lowest BCUT2D eigenvalue weighted by Crippen LogP contribution is -2.35. The highest BCUT2D eigenvalue weighted by Crippen LogP contribution is 2.48. The summed E-state index contributed by atoms with van der Waals surface area (Å²) in [6.45, 7) is 0.630. The molecule has 4 aromatic heterocycles. The average Bonchev–Trinajstić information content (AvgIpc) is 3.56. The summed E-state index contributed by atoms with van der Waals surface area (Å²) >= 11 is 1.21. The Labute approximate surface area is 170 Å². The van der Waals surface area contributed by atoms with Crippen LogP contribution in [0.5, 0.6) is 0 Å². The minimum atomic E-state index is -0.575. The highest BCUT2D eigenvalue weighted by atomic mass is 32.1. The number of hydrogen-bond acceptors (Lipinski definition) is 5. The highest BCUT2D eigenvalue weighted by Gasteiger charge is 2.49. The molecular weight excluding hydrogens is 382 g/mol. The summed E-state index contributed by atoms with van der Waals surface area (Å²) in [5, 5.41) is 4.82. The first kappa shape index (κ1) is 16.3. The molecule has 7 nitrogen and oxygen atoms in total. The third-order valence-corrected chi connectivity index (χ3v) is 6.05. The molecule has 1 aromatic carbocycles. The van der Waals surface area contributed by atoms with Gasteiger partial charge in [-0.3, -0.25) is 0 Å². The van der Waals surface area contributed by atoms with Crippen LogP contribution in [0.3, 0.4) is 0 Å². The van der Waals surface area contributed by atoms with E-state index in [1.807, 2.05) is 30.7 Å². The van der Waals surface area contributed by atoms with Crippen molar-refractivity contribution in [1.29, 1.82) is 0 Å². The van der Waals surface area contributed by atoms with Crippen molar-refractivity contribution in [2.45, 2.75) is 5.41 Å². The Morgan fingerprint density at radius 2 is 1.97 bits per heavy atom. The quantitative estimate of drug-likeness (QED) is 0.372. The Kier molecular flexibility index (Phi) is 3.48. The van der Waals surface area contributed by atoms with Crippen LogP contribution in [0.4, 0.5) is 0 Å². The van der Waals surface area contributed by atoms with E-state index in [2.05, 4.69) is 64.3 Å². The minimum absolute atomic E-state index is 0.575. The number of hydrogen-bond donors (Lipinski definition) is 4. The van der Waals surface area contributed by atoms with Crippen LogP contribution in [0.25, 0.3) is 22.2 Å². The predicted octanol–water partition coefficient (Wildman–Crippen LogP) is 3.53. The van der Waals surface area contributed by atoms with Crippen molar-refractivity contribution in [2.24, 2.45) is 0 Å². The maximum absolute atomic E-state index is 4.64. The molecule has 1 aliphatic rings. The normalized spacial score (nSPS) is 19.2. The van der Waals surface area contributed by atoms with Crippen molar-refractivity contribution >= 4 is 33.9 Å². The van der Waals surface area contributed by atoms with Gasteiger partial charge in [-0.25, -0.2) is 4.98 Å². The zero-order valence-electron chi connectivity index (χ0n) is 15.3. The molecule has 0 radical (unpaired) electrons. The third kappa shape index (κ3) is 2.32. The van der Waals surface area contributed by atoms with E-state index in [4.69, 9.17) is 0 Å². The van der Waals surface area contributed by atoms with E-state index in [-0.39, 0.29) is 0 Å². The second-order valence-electron chi connectivity index (χ2n) is 7.09. The molecule has 29 heavy (non-hydrogen) atoms. The van der Waals surface area contributed by atoms with Crippen molar-refractivity contribution in [2.75, 3.05) is 6.54 Å². The summed E-state index contributed by atoms with van der Waals surface area (Å²) in [4.78, 5) is 14.9. The van der Waals surface area contributed by atoms with Gasteiger partial charge in [-0.15, -0.1) is 0 Å². The number of imidazole rings is 1. The number of aromatic amines is 3. The lowest BCUT2D eigenvalue weighted by Gasteiger charge is -2.27. The van der Waals surface area contributed by atoms with Crippen LogP contribution in [0.1, 0.15) is 22.9 Å². The summed E-state index contributed by atoms with van der Waals surface area (Å²) < 4.78 is 8.92. The van der Waals surface area contributed by atoms with Crippen LogP contribution < -0.4 is 5.32 Å². The molecule has 0 saturated carbocycles. The average molecular weight is 399 g/mol. The summed E-state index contributed by atoms with van der Waals surface area (Å²) in [5.74, 6) is 0.841. The third-order valence-electron chi connectivity index (χ3n) is 5.57. The van der Waals surface area contributed by atoms with E-state index in [9.17, 15) is 0 Å². The first-order valence-electron chi connectivity index (χ1n) is 9.35. The maximum Gasteiger partial charge on any atom is 0.124 e. The van der Waals surface area contributed by atoms with Gasteiger partial charge < -0.3 is 20.3 Å². The largest absolute Gasteiger partial charge is 0.381 e. The number of fused-ring (bicyclic) bond motifs is 1. The van der Waals surface area contributed by atoms with Gasteiger partial charge in [0.25, 0.3) is 0 Å². The van der Waals surface area contributed by atoms with E-state index in [0.29, 0.717) is 6.54 Å². The van der Waals surface area contributed by atoms with Gasteiger partial charge in [-0.2, -0.15) is 8.75 Å². The smallest absolute Gasteiger partial charge is 0.124 e. The Balaban J connectivity index is 1.67. The fourth-order valence-corrected chi connectivity index (χ4v) is 4.78. The van der Waals surface area contributed by atoms with Crippen LogP contribution in [0.2, 0.25) is 0 Å². The molecule has 0 saturated heterocycles. The zero-order valence-corrected chi connectivity index (χ0v) is 16.1. The van der Waals surface area contributed by atoms with Gasteiger partial charge >= 0.3 is 0 Å². The monoisotopic (exact) mass is 399 g/mol. The Morgan fingerprint density at radius 3 is 2.72 bits per heavy atom. The summed E-state index contributed by atoms with van der Waals surface area (Å²) in [7, 11) is 0. The Morgan fingerprint density at radius 1 is 1.00 bits per heavy atom. The number of para-hydroxylation sites is 1. The van der Waals surface area contributed by atoms with Gasteiger partial charge in [0, 0.05) is 47.3 Å². The second-order valence-corrected chi connectivity index (χ2v) is 7.65. The number of rotatable bonds is 4. The van der Waals surface area contributed by atoms with Gasteiger partial charge in [0.1, 0.15) is 11.2 Å². The summed E-state index contributed by atoms with van der Waals surface area (Å²) in [6, 6.07) is 14.6. The number of nitrogens with one attached hydrogen (secondary N) is 4. The lowest BCUT2D eigenvalue weighted by molar-refractivity contribution is 0.611. The van der Waals surface area contributed by atoms with Crippen molar-refractivity contribution in [3.8, 4) is 0 Å². The van der Waals surface area contributed by atoms with E-state index < -0.39 is 5.41 Å². The molecule has 6 rings (SSSR count). The molecule has 0 fully saturated rings. The van der Waals surface area contributed by atoms with Gasteiger partial charge in [-0.1, -0.05) is 18.2 Å². The Hall–Kier alpha value is -3.65. The fraction of sp³-hybridized carbons (Fsp3) is 0.0952. The molecular formula is C21H17N7S. The molecule has 0 bridgehead atoms. The van der Waals surface area contributed by atoms with Crippen LogP contribution in [0, 0.1) is 0 Å². The molecule has 5 aromatic rings. The molecule has 4 N–H and O–H groups in total. The lowest BCUT2D eigenvalue weighted by atomic mass is 9.76. The fourth-order valence-electron chi connectivity index (χ4n) is 4.29. The van der Waals surface area contributed by atoms with Crippen LogP contribution in [-0.4, -0.2) is 35.2 Å². The minimum Gasteiger partial charge on any atom is -0.381 e. The molecule has 1 atom stereocenters. The van der Waals surface area contributed by atoms with Crippen LogP contribution in [-0.2, 0) is 5.41 Å². The topological polar surface area (TPSA) is 98.1 Å². The van der Waals surface area contributed by atoms with E-state index >= 15 is 0 Å². The van der Waals surface area contributed by atoms with Gasteiger partial charge in [0.05, 0.1) is 35.0 Å². The number of H-pyrrole nitrogens is 3. The standard InChI is InChI=1S/C21H17N7S/c1-2-5-14-13(4-1)10-16(27-14)19-18(15-6-3-7-22-15)21(12-25-19,17-11-26-29-28-17)20-23-8-9-24-20/h1-11,22,25,27H,12H2,(H,23,24). The number of aromatic nitrogens is 6. The molecule has 1 aliphatic heterocycles. The SMILES string of the molecule is c1c[nH]c(C2=C(c3cc4ccccc4[nH]3)NCC2(c2cnsn2)c2ncc[nH]2)c1. The van der Waals surface area contributed by atoms with Crippen molar-refractivity contribution < 1.29 is 0 Å².